The lowest BCUT2D eigenvalue weighted by atomic mass is 10.4. The predicted molar refractivity (Wildman–Crippen MR) is 73.0 cm³/mol. The number of oxime groups is 1. The van der Waals surface area contributed by atoms with Crippen molar-refractivity contribution in [3.05, 3.63) is 23.0 Å². The summed E-state index contributed by atoms with van der Waals surface area (Å²) in [6.45, 7) is 3.72. The molecular formula is C11H13F3N2O3S2. The van der Waals surface area contributed by atoms with Crippen LogP contribution in [0.15, 0.2) is 27.6 Å². The Morgan fingerprint density at radius 2 is 2.10 bits per heavy atom. The first-order valence-electron chi connectivity index (χ1n) is 5.83. The molecule has 0 aliphatic rings. The van der Waals surface area contributed by atoms with Gasteiger partial charge in [0.15, 0.2) is 5.83 Å². The van der Waals surface area contributed by atoms with Crippen LogP contribution in [-0.2, 0) is 14.7 Å². The largest absolute Gasteiger partial charge is 0.396 e. The predicted octanol–water partition coefficient (Wildman–Crippen LogP) is 3.15. The highest BCUT2D eigenvalue weighted by Crippen LogP contribution is 2.23. The molecule has 0 saturated carbocycles. The summed E-state index contributed by atoms with van der Waals surface area (Å²) >= 11 is 0.823. The van der Waals surface area contributed by atoms with Crippen molar-refractivity contribution in [3.63, 3.8) is 0 Å². The lowest BCUT2D eigenvalue weighted by Gasteiger charge is -1.99. The fourth-order valence-corrected chi connectivity index (χ4v) is 3.63. The quantitative estimate of drug-likeness (QED) is 0.564. The van der Waals surface area contributed by atoms with Crippen LogP contribution in [0, 0.1) is 0 Å². The second-order valence-corrected chi connectivity index (χ2v) is 7.13. The number of hydrogen-bond acceptors (Lipinski definition) is 6. The standard InChI is InChI=1S/C11H13F3N2O3S2/c1-3-19-16-7(2)9-6-15-11(20-9)21(17,18)5-4-8(12)10(13)14/h6H,3-5H2,1-2H3/b16-7-. The van der Waals surface area contributed by atoms with Gasteiger partial charge in [-0.1, -0.05) is 5.16 Å². The first-order valence-corrected chi connectivity index (χ1v) is 8.30. The Labute approximate surface area is 124 Å². The van der Waals surface area contributed by atoms with E-state index in [-0.39, 0.29) is 4.34 Å². The topological polar surface area (TPSA) is 68.6 Å². The maximum atomic E-state index is 12.7. The summed E-state index contributed by atoms with van der Waals surface area (Å²) < 4.78 is 59.9. The molecule has 118 valence electrons. The zero-order chi connectivity index (χ0) is 16.0. The van der Waals surface area contributed by atoms with Crippen molar-refractivity contribution in [2.24, 2.45) is 5.16 Å². The third-order valence-corrected chi connectivity index (χ3v) is 5.52. The minimum Gasteiger partial charge on any atom is -0.396 e. The summed E-state index contributed by atoms with van der Waals surface area (Å²) in [6.07, 6.45) is -2.10. The zero-order valence-electron chi connectivity index (χ0n) is 11.3. The summed E-state index contributed by atoms with van der Waals surface area (Å²) in [4.78, 5) is 9.00. The number of thiazole rings is 1. The van der Waals surface area contributed by atoms with Crippen LogP contribution in [0.3, 0.4) is 0 Å². The third kappa shape index (κ3) is 5.12. The molecule has 0 aliphatic carbocycles. The van der Waals surface area contributed by atoms with E-state index in [1.165, 1.54) is 6.20 Å². The van der Waals surface area contributed by atoms with Gasteiger partial charge in [-0.15, -0.1) is 11.3 Å². The number of rotatable bonds is 7. The van der Waals surface area contributed by atoms with Crippen molar-refractivity contribution >= 4 is 26.9 Å². The molecule has 0 bridgehead atoms. The van der Waals surface area contributed by atoms with Gasteiger partial charge in [-0.25, -0.2) is 17.8 Å². The number of halogens is 3. The van der Waals surface area contributed by atoms with E-state index in [9.17, 15) is 21.6 Å². The number of sulfone groups is 1. The van der Waals surface area contributed by atoms with Gasteiger partial charge in [0.2, 0.25) is 14.2 Å². The van der Waals surface area contributed by atoms with Crippen LogP contribution in [-0.4, -0.2) is 31.5 Å². The summed E-state index contributed by atoms with van der Waals surface area (Å²) in [5.74, 6) is -2.51. The average molecular weight is 342 g/mol. The molecule has 0 amide bonds. The molecule has 1 aromatic heterocycles. The number of aromatic nitrogens is 1. The van der Waals surface area contributed by atoms with Crippen LogP contribution < -0.4 is 0 Å². The van der Waals surface area contributed by atoms with Crippen molar-refractivity contribution in [1.82, 2.24) is 4.98 Å². The van der Waals surface area contributed by atoms with E-state index in [1.54, 1.807) is 13.8 Å². The monoisotopic (exact) mass is 342 g/mol. The van der Waals surface area contributed by atoms with Gasteiger partial charge < -0.3 is 4.84 Å². The Morgan fingerprint density at radius 1 is 1.43 bits per heavy atom. The second kappa shape index (κ2) is 7.55. The van der Waals surface area contributed by atoms with Gasteiger partial charge in [0.05, 0.1) is 16.3 Å². The molecule has 0 aliphatic heterocycles. The van der Waals surface area contributed by atoms with E-state index >= 15 is 0 Å². The second-order valence-electron chi connectivity index (χ2n) is 3.82. The first kappa shape index (κ1) is 17.6. The number of allylic oxidation sites excluding steroid dienone is 1. The van der Waals surface area contributed by atoms with Gasteiger partial charge in [-0.05, 0) is 13.8 Å². The Morgan fingerprint density at radius 3 is 2.67 bits per heavy atom. The molecule has 1 heterocycles. The molecular weight excluding hydrogens is 329 g/mol. The van der Waals surface area contributed by atoms with Crippen molar-refractivity contribution in [1.29, 1.82) is 0 Å². The van der Waals surface area contributed by atoms with Crippen LogP contribution in [0.2, 0.25) is 0 Å². The molecule has 0 N–H and O–H groups in total. The highest BCUT2D eigenvalue weighted by atomic mass is 32.2. The Hall–Kier alpha value is -1.42. The molecule has 5 nitrogen and oxygen atoms in total. The number of hydrogen-bond donors (Lipinski definition) is 0. The van der Waals surface area contributed by atoms with Gasteiger partial charge >= 0.3 is 6.08 Å². The lowest BCUT2D eigenvalue weighted by Crippen LogP contribution is -2.06. The Balaban J connectivity index is 2.86. The van der Waals surface area contributed by atoms with Crippen molar-refractivity contribution in [3.8, 4) is 0 Å². The molecule has 0 spiro atoms. The molecule has 10 heteroatoms. The van der Waals surface area contributed by atoms with Crippen molar-refractivity contribution in [2.45, 2.75) is 24.6 Å². The smallest absolute Gasteiger partial charge is 0.301 e. The van der Waals surface area contributed by atoms with E-state index < -0.39 is 33.9 Å². The van der Waals surface area contributed by atoms with Crippen LogP contribution in [0.1, 0.15) is 25.1 Å². The van der Waals surface area contributed by atoms with E-state index in [0.717, 1.165) is 11.3 Å². The van der Waals surface area contributed by atoms with Crippen LogP contribution in [0.4, 0.5) is 13.2 Å². The van der Waals surface area contributed by atoms with Gasteiger partial charge in [0, 0.05) is 12.6 Å². The molecule has 21 heavy (non-hydrogen) atoms. The maximum Gasteiger partial charge on any atom is 0.301 e. The van der Waals surface area contributed by atoms with Crippen molar-refractivity contribution < 1.29 is 26.4 Å². The van der Waals surface area contributed by atoms with Crippen LogP contribution in [0.5, 0.6) is 0 Å². The van der Waals surface area contributed by atoms with Crippen LogP contribution >= 0.6 is 11.3 Å². The van der Waals surface area contributed by atoms with E-state index in [0.29, 0.717) is 17.2 Å². The maximum absolute atomic E-state index is 12.7. The van der Waals surface area contributed by atoms with Gasteiger partial charge in [-0.2, -0.15) is 8.78 Å². The highest BCUT2D eigenvalue weighted by Gasteiger charge is 2.21. The SMILES string of the molecule is CCO/N=C(/C)c1cnc(S(=O)(=O)CCC(F)=C(F)F)s1. The minimum atomic E-state index is -3.92. The number of nitrogens with zero attached hydrogens (tertiary/aromatic N) is 2. The molecule has 1 aromatic rings. The van der Waals surface area contributed by atoms with Gasteiger partial charge in [0.25, 0.3) is 0 Å². The third-order valence-electron chi connectivity index (χ3n) is 2.23. The lowest BCUT2D eigenvalue weighted by molar-refractivity contribution is 0.159. The van der Waals surface area contributed by atoms with Crippen LogP contribution in [0.25, 0.3) is 0 Å². The van der Waals surface area contributed by atoms with Gasteiger partial charge in [-0.3, -0.25) is 0 Å². The zero-order valence-corrected chi connectivity index (χ0v) is 12.9. The van der Waals surface area contributed by atoms with E-state index in [2.05, 4.69) is 10.1 Å². The minimum absolute atomic E-state index is 0.268. The average Bonchev–Trinajstić information content (AvgIpc) is 2.92. The molecule has 0 fully saturated rings. The molecule has 1 rings (SSSR count). The normalized spacial score (nSPS) is 12.3. The van der Waals surface area contributed by atoms with E-state index in [1.807, 2.05) is 0 Å². The fourth-order valence-electron chi connectivity index (χ4n) is 1.18. The Kier molecular flexibility index (Phi) is 6.34. The first-order chi connectivity index (χ1) is 9.77. The summed E-state index contributed by atoms with van der Waals surface area (Å²) in [5.41, 5.74) is 0.441. The fraction of sp³-hybridized carbons (Fsp3) is 0.455. The molecule has 0 radical (unpaired) electrons. The summed E-state index contributed by atoms with van der Waals surface area (Å²) in [5, 5.41) is 3.73. The molecule has 0 unspecified atom stereocenters. The Bertz CT molecular complexity index is 649. The molecule has 0 atom stereocenters. The molecule has 0 aromatic carbocycles. The highest BCUT2D eigenvalue weighted by molar-refractivity contribution is 7.93. The summed E-state index contributed by atoms with van der Waals surface area (Å²) in [6, 6.07) is 0. The van der Waals surface area contributed by atoms with Gasteiger partial charge in [0.1, 0.15) is 6.61 Å². The van der Waals surface area contributed by atoms with Crippen molar-refractivity contribution in [2.75, 3.05) is 12.4 Å². The molecule has 0 saturated heterocycles. The van der Waals surface area contributed by atoms with E-state index in [4.69, 9.17) is 4.84 Å². The summed E-state index contributed by atoms with van der Waals surface area (Å²) in [7, 11) is -3.92.